The lowest BCUT2D eigenvalue weighted by Gasteiger charge is -2.50. The van der Waals surface area contributed by atoms with Gasteiger partial charge < -0.3 is 18.3 Å². The first kappa shape index (κ1) is 31.8. The molecule has 1 aliphatic rings. The smallest absolute Gasteiger partial charge is 0.398 e. The number of halogens is 6. The van der Waals surface area contributed by atoms with Crippen LogP contribution in [0.3, 0.4) is 0 Å². The highest BCUT2D eigenvalue weighted by atomic mass is 28.4. The van der Waals surface area contributed by atoms with Crippen LogP contribution in [0.15, 0.2) is 60.7 Å². The number of alkyl halides is 6. The summed E-state index contributed by atoms with van der Waals surface area (Å²) in [6.45, 7) is 11.8. The minimum Gasteiger partial charge on any atom is -0.398 e. The molecule has 4 nitrogen and oxygen atoms in total. The van der Waals surface area contributed by atoms with Crippen molar-refractivity contribution in [3.05, 3.63) is 71.8 Å². The molecule has 0 N–H and O–H groups in total. The molecule has 0 bridgehead atoms. The van der Waals surface area contributed by atoms with E-state index in [1.54, 1.807) is 39.3 Å². The SMILES string of the molecule is CC1(C)O[C@@H](C(O[Si](C)(C)C)(c2ccccc2)C(F)(F)F)[C@H](C(O[Si](C)(C)C)(c2ccccc2)C(F)(F)F)O1. The fourth-order valence-corrected chi connectivity index (χ4v) is 7.65. The molecule has 0 aromatic heterocycles. The van der Waals surface area contributed by atoms with E-state index in [1.165, 1.54) is 74.5 Å². The third kappa shape index (κ3) is 6.30. The molecule has 3 rings (SSSR count). The van der Waals surface area contributed by atoms with E-state index < -0.39 is 58.2 Å². The first-order chi connectivity index (χ1) is 17.6. The molecular weight excluding hydrogens is 558 g/mol. The summed E-state index contributed by atoms with van der Waals surface area (Å²) >= 11 is 0. The number of hydrogen-bond donors (Lipinski definition) is 0. The van der Waals surface area contributed by atoms with Crippen LogP contribution < -0.4 is 0 Å². The van der Waals surface area contributed by atoms with Crippen molar-refractivity contribution in [2.75, 3.05) is 0 Å². The summed E-state index contributed by atoms with van der Waals surface area (Å²) in [5.74, 6) is -1.84. The molecule has 1 saturated heterocycles. The van der Waals surface area contributed by atoms with Crippen molar-refractivity contribution in [3.8, 4) is 0 Å². The van der Waals surface area contributed by atoms with Gasteiger partial charge in [-0.15, -0.1) is 0 Å². The zero-order chi connectivity index (χ0) is 29.7. The maximum Gasteiger partial charge on any atom is 0.423 e. The van der Waals surface area contributed by atoms with Gasteiger partial charge in [-0.2, -0.15) is 26.3 Å². The van der Waals surface area contributed by atoms with Crippen molar-refractivity contribution < 1.29 is 44.7 Å². The molecule has 1 fully saturated rings. The molecule has 12 heteroatoms. The van der Waals surface area contributed by atoms with Crippen LogP contribution in [-0.2, 0) is 29.5 Å². The second-order valence-electron chi connectivity index (χ2n) is 12.1. The molecule has 218 valence electrons. The normalized spacial score (nSPS) is 23.7. The Labute approximate surface area is 227 Å². The highest BCUT2D eigenvalue weighted by molar-refractivity contribution is 6.70. The van der Waals surface area contributed by atoms with Crippen LogP contribution in [0.25, 0.3) is 0 Å². The van der Waals surface area contributed by atoms with E-state index in [4.69, 9.17) is 18.3 Å². The minimum absolute atomic E-state index is 0.381. The third-order valence-corrected chi connectivity index (χ3v) is 7.95. The first-order valence-electron chi connectivity index (χ1n) is 12.6. The zero-order valence-corrected chi connectivity index (χ0v) is 25.3. The molecule has 0 saturated carbocycles. The van der Waals surface area contributed by atoms with Crippen molar-refractivity contribution in [1.29, 1.82) is 0 Å². The summed E-state index contributed by atoms with van der Waals surface area (Å²) in [4.78, 5) is 0. The Morgan fingerprint density at radius 3 is 1.10 bits per heavy atom. The van der Waals surface area contributed by atoms with Gasteiger partial charge in [0.25, 0.3) is 0 Å². The second kappa shape index (κ2) is 10.3. The Balaban J connectivity index is 2.49. The molecule has 4 atom stereocenters. The maximum atomic E-state index is 15.5. The van der Waals surface area contributed by atoms with Crippen molar-refractivity contribution >= 4 is 16.6 Å². The highest BCUT2D eigenvalue weighted by Gasteiger charge is 2.76. The van der Waals surface area contributed by atoms with E-state index in [2.05, 4.69) is 0 Å². The lowest BCUT2D eigenvalue weighted by molar-refractivity contribution is -0.323. The Bertz CT molecular complexity index is 1030. The van der Waals surface area contributed by atoms with Crippen molar-refractivity contribution in [2.45, 2.75) is 94.7 Å². The van der Waals surface area contributed by atoms with E-state index >= 15 is 26.3 Å². The third-order valence-electron chi connectivity index (χ3n) is 6.08. The molecule has 2 aromatic rings. The van der Waals surface area contributed by atoms with Crippen molar-refractivity contribution in [2.24, 2.45) is 0 Å². The molecular formula is C27H36F6O4Si2. The lowest BCUT2D eigenvalue weighted by Crippen LogP contribution is -2.67. The topological polar surface area (TPSA) is 36.9 Å². The van der Waals surface area contributed by atoms with Crippen molar-refractivity contribution in [1.82, 2.24) is 0 Å². The van der Waals surface area contributed by atoms with Gasteiger partial charge in [-0.25, -0.2) is 0 Å². The van der Waals surface area contributed by atoms with Crippen LogP contribution in [0.2, 0.25) is 39.3 Å². The average Bonchev–Trinajstić information content (AvgIpc) is 3.09. The van der Waals surface area contributed by atoms with Gasteiger partial charge in [0.1, 0.15) is 12.2 Å². The molecule has 0 radical (unpaired) electrons. The molecule has 2 unspecified atom stereocenters. The number of ether oxygens (including phenoxy) is 2. The number of rotatable bonds is 8. The summed E-state index contributed by atoms with van der Waals surface area (Å²) in [5.41, 5.74) is -7.36. The first-order valence-corrected chi connectivity index (χ1v) is 19.4. The number of benzene rings is 2. The minimum atomic E-state index is -5.20. The van der Waals surface area contributed by atoms with Gasteiger partial charge in [0, 0.05) is 0 Å². The monoisotopic (exact) mass is 594 g/mol. The summed E-state index contributed by atoms with van der Waals surface area (Å²) < 4.78 is 117. The Hall–Kier alpha value is -1.71. The van der Waals surface area contributed by atoms with Gasteiger partial charge >= 0.3 is 12.4 Å². The maximum absolute atomic E-state index is 15.5. The fourth-order valence-electron chi connectivity index (χ4n) is 5.02. The summed E-state index contributed by atoms with van der Waals surface area (Å²) in [6.07, 6.45) is -15.0. The largest absolute Gasteiger partial charge is 0.423 e. The van der Waals surface area contributed by atoms with E-state index in [-0.39, 0.29) is 11.1 Å². The van der Waals surface area contributed by atoms with Crippen LogP contribution in [-0.4, -0.2) is 47.0 Å². The Morgan fingerprint density at radius 1 is 0.590 bits per heavy atom. The van der Waals surface area contributed by atoms with E-state index in [0.717, 1.165) is 0 Å². The molecule has 1 aliphatic heterocycles. The molecule has 1 heterocycles. The van der Waals surface area contributed by atoms with Crippen LogP contribution in [0.4, 0.5) is 26.3 Å². The van der Waals surface area contributed by atoms with E-state index in [9.17, 15) is 0 Å². The Kier molecular flexibility index (Phi) is 8.39. The van der Waals surface area contributed by atoms with Gasteiger partial charge in [0.2, 0.25) is 11.2 Å². The van der Waals surface area contributed by atoms with Crippen molar-refractivity contribution in [3.63, 3.8) is 0 Å². The van der Waals surface area contributed by atoms with Crippen LogP contribution in [0, 0.1) is 0 Å². The van der Waals surface area contributed by atoms with E-state index in [0.29, 0.717) is 0 Å². The van der Waals surface area contributed by atoms with Gasteiger partial charge in [0.15, 0.2) is 22.4 Å². The fraction of sp³-hybridized carbons (Fsp3) is 0.556. The predicted molar refractivity (Wildman–Crippen MR) is 141 cm³/mol. The Morgan fingerprint density at radius 2 is 0.872 bits per heavy atom. The molecule has 39 heavy (non-hydrogen) atoms. The van der Waals surface area contributed by atoms with E-state index in [1.807, 2.05) is 0 Å². The number of hydrogen-bond acceptors (Lipinski definition) is 4. The van der Waals surface area contributed by atoms with Crippen LogP contribution in [0.5, 0.6) is 0 Å². The molecule has 0 spiro atoms. The standard InChI is InChI=1S/C27H36F6O4Si2/c1-23(2)34-21(24(26(28,29)30,36-38(3,4)5)19-15-11-9-12-16-19)22(35-23)25(27(31,32)33,37-39(6,7)8)20-17-13-10-14-18-20/h9-18,21-22H,1-8H3/t21-,22-,24?,25?/m1/s1. The van der Waals surface area contributed by atoms with Gasteiger partial charge in [-0.05, 0) is 64.3 Å². The highest BCUT2D eigenvalue weighted by Crippen LogP contribution is 2.59. The van der Waals surface area contributed by atoms with Gasteiger partial charge in [-0.1, -0.05) is 60.7 Å². The van der Waals surface area contributed by atoms with Gasteiger partial charge in [0.05, 0.1) is 0 Å². The van der Waals surface area contributed by atoms with Gasteiger partial charge in [-0.3, -0.25) is 0 Å². The molecule has 0 amide bonds. The predicted octanol–water partition coefficient (Wildman–Crippen LogP) is 8.13. The van der Waals surface area contributed by atoms with Crippen LogP contribution in [0.1, 0.15) is 25.0 Å². The zero-order valence-electron chi connectivity index (χ0n) is 23.3. The summed E-state index contributed by atoms with van der Waals surface area (Å²) in [5, 5.41) is 0. The lowest BCUT2D eigenvalue weighted by atomic mass is 9.76. The molecule has 0 aliphatic carbocycles. The average molecular weight is 595 g/mol. The summed E-state index contributed by atoms with van der Waals surface area (Å²) in [6, 6.07) is 13.3. The van der Waals surface area contributed by atoms with Crippen LogP contribution >= 0.6 is 0 Å². The molecule has 2 aromatic carbocycles. The second-order valence-corrected chi connectivity index (χ2v) is 21.0. The summed E-state index contributed by atoms with van der Waals surface area (Å²) in [7, 11) is -6.26. The quantitative estimate of drug-likeness (QED) is 0.229.